The summed E-state index contributed by atoms with van der Waals surface area (Å²) in [6.07, 6.45) is 0. The highest BCUT2D eigenvalue weighted by atomic mass is 79.9. The van der Waals surface area contributed by atoms with Crippen LogP contribution in [0.2, 0.25) is 0 Å². The highest BCUT2D eigenvalue weighted by molar-refractivity contribution is 9.10. The number of nitrogens with zero attached hydrogens (tertiary/aromatic N) is 1. The molecule has 0 spiro atoms. The summed E-state index contributed by atoms with van der Waals surface area (Å²) in [6, 6.07) is 26.4. The topological polar surface area (TPSA) is 4.41 Å². The molecule has 2 aromatic heterocycles. The van der Waals surface area contributed by atoms with E-state index in [1.807, 2.05) is 0 Å². The van der Waals surface area contributed by atoms with Crippen LogP contribution in [0.1, 0.15) is 0 Å². The molecular weight excluding hydrogens is 358 g/mol. The van der Waals surface area contributed by atoms with Crippen LogP contribution in [0.25, 0.3) is 48.9 Å². The van der Waals surface area contributed by atoms with Crippen LogP contribution in [-0.2, 0) is 0 Å². The van der Waals surface area contributed by atoms with Gasteiger partial charge in [-0.05, 0) is 23.6 Å². The molecular formula is C22H12BrN. The van der Waals surface area contributed by atoms with E-state index in [9.17, 15) is 0 Å². The molecule has 24 heavy (non-hydrogen) atoms. The largest absolute Gasteiger partial charge is 0.307 e. The summed E-state index contributed by atoms with van der Waals surface area (Å²) in [4.78, 5) is 0. The maximum absolute atomic E-state index is 3.60. The molecule has 0 amide bonds. The lowest BCUT2D eigenvalue weighted by Gasteiger charge is -2.03. The van der Waals surface area contributed by atoms with E-state index in [1.54, 1.807) is 0 Å². The smallest absolute Gasteiger partial charge is 0.0620 e. The second-order valence-corrected chi connectivity index (χ2v) is 7.30. The Bertz CT molecular complexity index is 1410. The number of benzene rings is 4. The molecule has 2 heteroatoms. The first-order valence-corrected chi connectivity index (χ1v) is 8.87. The van der Waals surface area contributed by atoms with E-state index in [1.165, 1.54) is 48.9 Å². The highest BCUT2D eigenvalue weighted by Gasteiger charge is 2.18. The van der Waals surface area contributed by atoms with Crippen molar-refractivity contribution < 1.29 is 0 Å². The summed E-state index contributed by atoms with van der Waals surface area (Å²) in [7, 11) is 0. The molecule has 0 saturated heterocycles. The zero-order valence-corrected chi connectivity index (χ0v) is 14.3. The Morgan fingerprint density at radius 1 is 0.583 bits per heavy atom. The highest BCUT2D eigenvalue weighted by Crippen LogP contribution is 2.41. The van der Waals surface area contributed by atoms with Crippen molar-refractivity contribution in [1.82, 2.24) is 4.40 Å². The van der Waals surface area contributed by atoms with Crippen molar-refractivity contribution in [2.75, 3.05) is 0 Å². The molecule has 0 N–H and O–H groups in total. The third-order valence-corrected chi connectivity index (χ3v) is 5.66. The van der Waals surface area contributed by atoms with Crippen LogP contribution in [0, 0.1) is 0 Å². The van der Waals surface area contributed by atoms with Crippen LogP contribution in [0.3, 0.4) is 0 Å². The first-order chi connectivity index (χ1) is 11.8. The van der Waals surface area contributed by atoms with Gasteiger partial charge in [-0.2, -0.15) is 0 Å². The lowest BCUT2D eigenvalue weighted by Crippen LogP contribution is -1.83. The van der Waals surface area contributed by atoms with Crippen LogP contribution in [0.4, 0.5) is 0 Å². The maximum atomic E-state index is 3.60. The van der Waals surface area contributed by atoms with Crippen molar-refractivity contribution in [2.45, 2.75) is 0 Å². The SMILES string of the molecule is Brc1ccc2c(ccc3c4cccc5c6ccccc6n(c23)c54)c1. The van der Waals surface area contributed by atoms with Gasteiger partial charge in [-0.25, -0.2) is 0 Å². The Hall–Kier alpha value is -2.58. The fraction of sp³-hybridized carbons (Fsp3) is 0. The van der Waals surface area contributed by atoms with Gasteiger partial charge >= 0.3 is 0 Å². The predicted octanol–water partition coefficient (Wildman–Crippen LogP) is 6.75. The summed E-state index contributed by atoms with van der Waals surface area (Å²) < 4.78 is 3.57. The maximum Gasteiger partial charge on any atom is 0.0620 e. The Morgan fingerprint density at radius 3 is 2.17 bits per heavy atom. The molecule has 0 aliphatic carbocycles. The van der Waals surface area contributed by atoms with Crippen LogP contribution >= 0.6 is 15.9 Å². The third-order valence-electron chi connectivity index (χ3n) is 5.16. The van der Waals surface area contributed by atoms with E-state index in [4.69, 9.17) is 0 Å². The minimum absolute atomic E-state index is 1.12. The van der Waals surface area contributed by atoms with Crippen LogP contribution in [0.15, 0.2) is 77.3 Å². The predicted molar refractivity (Wildman–Crippen MR) is 106 cm³/mol. The molecule has 6 aromatic rings. The molecule has 2 heterocycles. The number of halogens is 1. The van der Waals surface area contributed by atoms with E-state index in [-0.39, 0.29) is 0 Å². The zero-order valence-electron chi connectivity index (χ0n) is 12.8. The molecule has 0 aliphatic heterocycles. The van der Waals surface area contributed by atoms with Gasteiger partial charge in [0.05, 0.1) is 16.6 Å². The molecule has 0 bridgehead atoms. The molecule has 0 unspecified atom stereocenters. The summed E-state index contributed by atoms with van der Waals surface area (Å²) in [5.41, 5.74) is 3.94. The van der Waals surface area contributed by atoms with Crippen molar-refractivity contribution in [2.24, 2.45) is 0 Å². The average Bonchev–Trinajstić information content (AvgIpc) is 3.13. The Balaban J connectivity index is 2.06. The van der Waals surface area contributed by atoms with Gasteiger partial charge in [0, 0.05) is 31.4 Å². The van der Waals surface area contributed by atoms with Gasteiger partial charge < -0.3 is 4.40 Å². The van der Waals surface area contributed by atoms with Crippen LogP contribution in [0.5, 0.6) is 0 Å². The number of para-hydroxylation sites is 2. The van der Waals surface area contributed by atoms with E-state index in [0.29, 0.717) is 0 Å². The lowest BCUT2D eigenvalue weighted by atomic mass is 10.0. The minimum atomic E-state index is 1.12. The average molecular weight is 370 g/mol. The standard InChI is InChI=1S/C22H12BrN/c23-14-9-11-15-13(12-14)8-10-19-18-6-3-5-17-16-4-1-2-7-20(16)24(21(15)19)22(17)18/h1-12H. The molecule has 4 aromatic carbocycles. The molecule has 112 valence electrons. The molecule has 6 rings (SSSR count). The Labute approximate surface area is 146 Å². The van der Waals surface area contributed by atoms with Gasteiger partial charge in [-0.1, -0.05) is 70.5 Å². The molecule has 0 fully saturated rings. The van der Waals surface area contributed by atoms with Gasteiger partial charge in [0.2, 0.25) is 0 Å². The molecule has 0 aliphatic rings. The summed E-state index contributed by atoms with van der Waals surface area (Å²) in [5, 5.41) is 7.90. The summed E-state index contributed by atoms with van der Waals surface area (Å²) >= 11 is 3.60. The van der Waals surface area contributed by atoms with E-state index >= 15 is 0 Å². The Kier molecular flexibility index (Phi) is 2.28. The van der Waals surface area contributed by atoms with Crippen molar-refractivity contribution in [3.05, 3.63) is 77.3 Å². The van der Waals surface area contributed by atoms with Crippen molar-refractivity contribution in [3.8, 4) is 0 Å². The molecule has 0 radical (unpaired) electrons. The second kappa shape index (κ2) is 4.28. The minimum Gasteiger partial charge on any atom is -0.307 e. The number of aromatic nitrogens is 1. The number of fused-ring (bicyclic) bond motifs is 8. The Morgan fingerprint density at radius 2 is 1.25 bits per heavy atom. The quantitative estimate of drug-likeness (QED) is 0.278. The van der Waals surface area contributed by atoms with E-state index in [2.05, 4.69) is 93.1 Å². The number of hydrogen-bond donors (Lipinski definition) is 0. The molecule has 0 atom stereocenters. The summed E-state index contributed by atoms with van der Waals surface area (Å²) in [6.45, 7) is 0. The second-order valence-electron chi connectivity index (χ2n) is 6.38. The first-order valence-electron chi connectivity index (χ1n) is 8.08. The van der Waals surface area contributed by atoms with Gasteiger partial charge in [0.15, 0.2) is 0 Å². The summed E-state index contributed by atoms with van der Waals surface area (Å²) in [5.74, 6) is 0. The lowest BCUT2D eigenvalue weighted by molar-refractivity contribution is 1.38. The van der Waals surface area contributed by atoms with Gasteiger partial charge in [-0.15, -0.1) is 0 Å². The molecule has 0 saturated carbocycles. The number of rotatable bonds is 0. The third kappa shape index (κ3) is 1.41. The van der Waals surface area contributed by atoms with Gasteiger partial charge in [0.25, 0.3) is 0 Å². The first kappa shape index (κ1) is 12.8. The monoisotopic (exact) mass is 369 g/mol. The van der Waals surface area contributed by atoms with Crippen molar-refractivity contribution >= 4 is 64.8 Å². The fourth-order valence-corrected chi connectivity index (χ4v) is 4.59. The van der Waals surface area contributed by atoms with Gasteiger partial charge in [-0.3, -0.25) is 0 Å². The van der Waals surface area contributed by atoms with Crippen LogP contribution in [-0.4, -0.2) is 4.40 Å². The van der Waals surface area contributed by atoms with Crippen LogP contribution < -0.4 is 0 Å². The fourth-order valence-electron chi connectivity index (χ4n) is 4.21. The molecule has 1 nitrogen and oxygen atoms in total. The van der Waals surface area contributed by atoms with E-state index < -0.39 is 0 Å². The van der Waals surface area contributed by atoms with Crippen molar-refractivity contribution in [1.29, 1.82) is 0 Å². The van der Waals surface area contributed by atoms with E-state index in [0.717, 1.165) is 4.47 Å². The van der Waals surface area contributed by atoms with Gasteiger partial charge in [0.1, 0.15) is 0 Å². The zero-order chi connectivity index (χ0) is 15.8. The van der Waals surface area contributed by atoms with Crippen molar-refractivity contribution in [3.63, 3.8) is 0 Å². The number of hydrogen-bond acceptors (Lipinski definition) is 0. The normalized spacial score (nSPS) is 12.4.